The van der Waals surface area contributed by atoms with E-state index in [1.807, 2.05) is 4.90 Å². The van der Waals surface area contributed by atoms with Crippen molar-refractivity contribution in [3.05, 3.63) is 35.1 Å². The lowest BCUT2D eigenvalue weighted by Crippen LogP contribution is -2.47. The van der Waals surface area contributed by atoms with E-state index in [0.717, 1.165) is 29.4 Å². The van der Waals surface area contributed by atoms with Crippen LogP contribution in [-0.2, 0) is 20.7 Å². The number of nitrogens with zero attached hydrogens (tertiary/aromatic N) is 1. The van der Waals surface area contributed by atoms with E-state index in [1.54, 1.807) is 6.26 Å². The number of hydrogen-bond donors (Lipinski definition) is 0. The molecule has 0 aliphatic carbocycles. The molecule has 0 radical (unpaired) electrons. The van der Waals surface area contributed by atoms with Gasteiger partial charge in [-0.05, 0) is 36.1 Å². The highest BCUT2D eigenvalue weighted by Gasteiger charge is 2.40. The van der Waals surface area contributed by atoms with Gasteiger partial charge in [0.25, 0.3) is 0 Å². The van der Waals surface area contributed by atoms with Gasteiger partial charge in [-0.2, -0.15) is 0 Å². The summed E-state index contributed by atoms with van der Waals surface area (Å²) in [4.78, 5) is 14.7. The van der Waals surface area contributed by atoms with Gasteiger partial charge in [-0.15, -0.1) is 0 Å². The molecule has 0 N–H and O–H groups in total. The van der Waals surface area contributed by atoms with E-state index in [4.69, 9.17) is 13.9 Å². The Morgan fingerprint density at radius 2 is 1.88 bits per heavy atom. The van der Waals surface area contributed by atoms with Crippen LogP contribution in [0.3, 0.4) is 0 Å². The second-order valence-electron chi connectivity index (χ2n) is 7.79. The largest absolute Gasteiger partial charge is 0.464 e. The number of hydrogen-bond acceptors (Lipinski definition) is 4. The van der Waals surface area contributed by atoms with Gasteiger partial charge in [-0.1, -0.05) is 13.8 Å². The van der Waals surface area contributed by atoms with Crippen molar-refractivity contribution in [3.8, 4) is 0 Å². The summed E-state index contributed by atoms with van der Waals surface area (Å²) < 4.78 is 17.2. The standard InChI is InChI=1S/C21H27NO4/c1-14(2)17-12-18-16(13-24-19(18)10-15(17)3)11-20(23)22-6-4-21(5-7-22)25-8-9-26-21/h10,12-14H,4-9,11H2,1-3H3. The number of piperidine rings is 1. The van der Waals surface area contributed by atoms with Crippen molar-refractivity contribution < 1.29 is 18.7 Å². The Balaban J connectivity index is 1.48. The Hall–Kier alpha value is -1.85. The summed E-state index contributed by atoms with van der Waals surface area (Å²) in [6.07, 6.45) is 3.62. The van der Waals surface area contributed by atoms with E-state index in [9.17, 15) is 4.79 Å². The van der Waals surface area contributed by atoms with Crippen molar-refractivity contribution in [2.75, 3.05) is 26.3 Å². The van der Waals surface area contributed by atoms with Crippen LogP contribution in [0, 0.1) is 6.92 Å². The van der Waals surface area contributed by atoms with Crippen molar-refractivity contribution in [1.82, 2.24) is 4.90 Å². The van der Waals surface area contributed by atoms with Crippen LogP contribution < -0.4 is 0 Å². The lowest BCUT2D eigenvalue weighted by molar-refractivity contribution is -0.187. The summed E-state index contributed by atoms with van der Waals surface area (Å²) in [5.74, 6) is 0.151. The third kappa shape index (κ3) is 3.14. The Labute approximate surface area is 154 Å². The second-order valence-corrected chi connectivity index (χ2v) is 7.79. The molecular formula is C21H27NO4. The van der Waals surface area contributed by atoms with Gasteiger partial charge in [0.05, 0.1) is 25.9 Å². The van der Waals surface area contributed by atoms with Crippen LogP contribution in [0.2, 0.25) is 0 Å². The summed E-state index contributed by atoms with van der Waals surface area (Å²) in [6, 6.07) is 4.27. The van der Waals surface area contributed by atoms with Gasteiger partial charge in [-0.3, -0.25) is 4.79 Å². The van der Waals surface area contributed by atoms with Crippen LogP contribution in [0.4, 0.5) is 0 Å². The van der Waals surface area contributed by atoms with E-state index in [1.165, 1.54) is 11.1 Å². The molecule has 26 heavy (non-hydrogen) atoms. The highest BCUT2D eigenvalue weighted by molar-refractivity contribution is 5.88. The predicted octanol–water partition coefficient (Wildman–Crippen LogP) is 3.77. The van der Waals surface area contributed by atoms with Crippen molar-refractivity contribution in [3.63, 3.8) is 0 Å². The molecule has 1 aromatic heterocycles. The van der Waals surface area contributed by atoms with Crippen LogP contribution in [0.1, 0.15) is 49.3 Å². The molecule has 1 amide bonds. The first-order valence-corrected chi connectivity index (χ1v) is 9.54. The third-order valence-electron chi connectivity index (χ3n) is 5.70. The molecule has 0 saturated carbocycles. The zero-order valence-electron chi connectivity index (χ0n) is 15.8. The molecule has 1 aromatic carbocycles. The van der Waals surface area contributed by atoms with E-state index in [-0.39, 0.29) is 5.91 Å². The van der Waals surface area contributed by atoms with E-state index in [2.05, 4.69) is 32.9 Å². The van der Waals surface area contributed by atoms with Crippen molar-refractivity contribution >= 4 is 16.9 Å². The van der Waals surface area contributed by atoms with E-state index < -0.39 is 5.79 Å². The molecule has 0 atom stereocenters. The molecule has 3 heterocycles. The molecule has 5 heteroatoms. The number of rotatable bonds is 3. The van der Waals surface area contributed by atoms with Gasteiger partial charge in [0.15, 0.2) is 5.79 Å². The van der Waals surface area contributed by atoms with Crippen molar-refractivity contribution in [1.29, 1.82) is 0 Å². The molecular weight excluding hydrogens is 330 g/mol. The van der Waals surface area contributed by atoms with Crippen LogP contribution in [0.5, 0.6) is 0 Å². The molecule has 4 rings (SSSR count). The quantitative estimate of drug-likeness (QED) is 0.839. The maximum absolute atomic E-state index is 12.8. The maximum Gasteiger partial charge on any atom is 0.227 e. The SMILES string of the molecule is Cc1cc2occ(CC(=O)N3CCC4(CC3)OCCO4)c2cc1C(C)C. The molecule has 1 spiro atoms. The average molecular weight is 357 g/mol. The van der Waals surface area contributed by atoms with Crippen LogP contribution in [0.15, 0.2) is 22.8 Å². The number of carbonyl (C=O) groups excluding carboxylic acids is 1. The Morgan fingerprint density at radius 3 is 2.54 bits per heavy atom. The number of carbonyl (C=O) groups is 1. The topological polar surface area (TPSA) is 51.9 Å². The molecule has 2 aromatic rings. The number of ether oxygens (including phenoxy) is 2. The van der Waals surface area contributed by atoms with Crippen molar-refractivity contribution in [2.24, 2.45) is 0 Å². The molecule has 0 unspecified atom stereocenters. The summed E-state index contributed by atoms with van der Waals surface area (Å²) in [5, 5.41) is 1.06. The van der Waals surface area contributed by atoms with Gasteiger partial charge in [-0.25, -0.2) is 0 Å². The van der Waals surface area contributed by atoms with Crippen LogP contribution in [-0.4, -0.2) is 42.9 Å². The predicted molar refractivity (Wildman–Crippen MR) is 99.2 cm³/mol. The Bertz CT molecular complexity index is 807. The fraction of sp³-hybridized carbons (Fsp3) is 0.571. The zero-order valence-corrected chi connectivity index (χ0v) is 15.8. The summed E-state index contributed by atoms with van der Waals surface area (Å²) in [6.45, 7) is 9.18. The highest BCUT2D eigenvalue weighted by Crippen LogP contribution is 2.32. The smallest absolute Gasteiger partial charge is 0.227 e. The molecule has 2 aliphatic heterocycles. The fourth-order valence-corrected chi connectivity index (χ4v) is 4.16. The number of fused-ring (bicyclic) bond motifs is 1. The Kier molecular flexibility index (Phi) is 4.53. The minimum Gasteiger partial charge on any atom is -0.464 e. The monoisotopic (exact) mass is 357 g/mol. The Morgan fingerprint density at radius 1 is 1.19 bits per heavy atom. The maximum atomic E-state index is 12.8. The summed E-state index contributed by atoms with van der Waals surface area (Å²) >= 11 is 0. The fourth-order valence-electron chi connectivity index (χ4n) is 4.16. The average Bonchev–Trinajstić information content (AvgIpc) is 3.22. The molecule has 0 bridgehead atoms. The number of benzene rings is 1. The van der Waals surface area contributed by atoms with E-state index in [0.29, 0.717) is 38.6 Å². The number of aryl methyl sites for hydroxylation is 1. The van der Waals surface area contributed by atoms with Gasteiger partial charge >= 0.3 is 0 Å². The van der Waals surface area contributed by atoms with Crippen LogP contribution in [0.25, 0.3) is 11.0 Å². The number of amides is 1. The summed E-state index contributed by atoms with van der Waals surface area (Å²) in [5.41, 5.74) is 4.38. The first-order chi connectivity index (χ1) is 12.5. The number of likely N-dealkylation sites (tertiary alicyclic amines) is 1. The molecule has 2 aliphatic rings. The minimum atomic E-state index is -0.442. The molecule has 140 valence electrons. The van der Waals surface area contributed by atoms with Crippen molar-refractivity contribution in [2.45, 2.75) is 51.7 Å². The highest BCUT2D eigenvalue weighted by atomic mass is 16.7. The summed E-state index contributed by atoms with van der Waals surface area (Å²) in [7, 11) is 0. The minimum absolute atomic E-state index is 0.146. The first kappa shape index (κ1) is 17.6. The lowest BCUT2D eigenvalue weighted by atomic mass is 9.95. The number of furan rings is 1. The van der Waals surface area contributed by atoms with Gasteiger partial charge < -0.3 is 18.8 Å². The third-order valence-corrected chi connectivity index (χ3v) is 5.70. The van der Waals surface area contributed by atoms with Gasteiger partial charge in [0.1, 0.15) is 5.58 Å². The molecule has 2 fully saturated rings. The molecule has 5 nitrogen and oxygen atoms in total. The van der Waals surface area contributed by atoms with E-state index >= 15 is 0 Å². The first-order valence-electron chi connectivity index (χ1n) is 9.54. The van der Waals surface area contributed by atoms with Gasteiger partial charge in [0, 0.05) is 36.9 Å². The van der Waals surface area contributed by atoms with Gasteiger partial charge in [0.2, 0.25) is 5.91 Å². The lowest BCUT2D eigenvalue weighted by Gasteiger charge is -2.37. The zero-order chi connectivity index (χ0) is 18.3. The van der Waals surface area contributed by atoms with Crippen LogP contribution >= 0.6 is 0 Å². The molecule has 2 saturated heterocycles. The second kappa shape index (κ2) is 6.71. The normalized spacial score (nSPS) is 19.8.